The van der Waals surface area contributed by atoms with Crippen LogP contribution in [0, 0.1) is 17.0 Å². The molecule has 0 saturated carbocycles. The minimum atomic E-state index is -0.463. The normalized spacial score (nSPS) is 10.2. The molecule has 0 radical (unpaired) electrons. The molecule has 2 rings (SSSR count). The maximum absolute atomic E-state index is 12.6. The van der Waals surface area contributed by atoms with E-state index in [4.69, 9.17) is 9.47 Å². The van der Waals surface area contributed by atoms with Crippen molar-refractivity contribution in [3.8, 4) is 11.5 Å². The van der Waals surface area contributed by atoms with Gasteiger partial charge in [-0.05, 0) is 31.2 Å². The van der Waals surface area contributed by atoms with Crippen molar-refractivity contribution in [3.63, 3.8) is 0 Å². The van der Waals surface area contributed by atoms with E-state index in [0.29, 0.717) is 29.2 Å². The molecular formula is C18H20N2O5. The van der Waals surface area contributed by atoms with Gasteiger partial charge in [0.05, 0.1) is 19.1 Å². The molecule has 25 heavy (non-hydrogen) atoms. The van der Waals surface area contributed by atoms with Gasteiger partial charge in [0, 0.05) is 42.4 Å². The number of nitro benzene ring substituents is 1. The van der Waals surface area contributed by atoms with Crippen LogP contribution in [0.2, 0.25) is 0 Å². The van der Waals surface area contributed by atoms with E-state index < -0.39 is 4.92 Å². The lowest BCUT2D eigenvalue weighted by Crippen LogP contribution is -2.26. The number of amides is 1. The summed E-state index contributed by atoms with van der Waals surface area (Å²) in [6.07, 6.45) is 0. The van der Waals surface area contributed by atoms with Crippen LogP contribution in [0.1, 0.15) is 21.5 Å². The molecule has 132 valence electrons. The van der Waals surface area contributed by atoms with Crippen molar-refractivity contribution in [2.24, 2.45) is 0 Å². The number of carbonyl (C=O) groups excluding carboxylic acids is 1. The van der Waals surface area contributed by atoms with Crippen LogP contribution in [0.3, 0.4) is 0 Å². The fourth-order valence-corrected chi connectivity index (χ4v) is 2.52. The summed E-state index contributed by atoms with van der Waals surface area (Å²) in [5.41, 5.74) is 1.68. The van der Waals surface area contributed by atoms with Gasteiger partial charge in [-0.2, -0.15) is 0 Å². The Balaban J connectivity index is 2.21. The van der Waals surface area contributed by atoms with Gasteiger partial charge in [-0.25, -0.2) is 0 Å². The highest BCUT2D eigenvalue weighted by Gasteiger charge is 2.18. The lowest BCUT2D eigenvalue weighted by molar-refractivity contribution is -0.385. The Labute approximate surface area is 145 Å². The van der Waals surface area contributed by atoms with Crippen molar-refractivity contribution < 1.29 is 19.2 Å². The average molecular weight is 344 g/mol. The van der Waals surface area contributed by atoms with Crippen molar-refractivity contribution in [1.29, 1.82) is 0 Å². The largest absolute Gasteiger partial charge is 0.497 e. The molecule has 2 aromatic carbocycles. The first-order valence-electron chi connectivity index (χ1n) is 7.58. The highest BCUT2D eigenvalue weighted by Crippen LogP contribution is 2.26. The first-order chi connectivity index (χ1) is 11.9. The number of methoxy groups -OCH3 is 2. The number of hydrogen-bond donors (Lipinski definition) is 0. The van der Waals surface area contributed by atoms with E-state index in [1.165, 1.54) is 23.1 Å². The number of hydrogen-bond acceptors (Lipinski definition) is 5. The van der Waals surface area contributed by atoms with Gasteiger partial charge in [0.15, 0.2) is 0 Å². The zero-order valence-corrected chi connectivity index (χ0v) is 14.6. The predicted molar refractivity (Wildman–Crippen MR) is 93.2 cm³/mol. The molecule has 0 aliphatic rings. The Hall–Kier alpha value is -3.09. The van der Waals surface area contributed by atoms with Crippen LogP contribution in [0.25, 0.3) is 0 Å². The number of aryl methyl sites for hydroxylation is 1. The standard InChI is InChI=1S/C18H20N2O5/c1-12-9-13(6-8-16(12)20(22)23)18(21)19(2)11-14-5-7-15(24-3)10-17(14)25-4/h5-10H,11H2,1-4H3. The third-order valence-electron chi connectivity index (χ3n) is 3.89. The summed E-state index contributed by atoms with van der Waals surface area (Å²) in [4.78, 5) is 24.6. The van der Waals surface area contributed by atoms with Gasteiger partial charge in [0.25, 0.3) is 11.6 Å². The molecule has 7 heteroatoms. The fourth-order valence-electron chi connectivity index (χ4n) is 2.52. The van der Waals surface area contributed by atoms with Crippen LogP contribution in [0.15, 0.2) is 36.4 Å². The van der Waals surface area contributed by atoms with Crippen LogP contribution >= 0.6 is 0 Å². The summed E-state index contributed by atoms with van der Waals surface area (Å²) < 4.78 is 10.5. The van der Waals surface area contributed by atoms with Crippen molar-refractivity contribution in [2.75, 3.05) is 21.3 Å². The quantitative estimate of drug-likeness (QED) is 0.594. The molecule has 2 aromatic rings. The molecule has 0 aliphatic heterocycles. The SMILES string of the molecule is COc1ccc(CN(C)C(=O)c2ccc([N+](=O)[O-])c(C)c2)c(OC)c1. The third-order valence-corrected chi connectivity index (χ3v) is 3.89. The zero-order chi connectivity index (χ0) is 18.6. The molecule has 0 heterocycles. The maximum Gasteiger partial charge on any atom is 0.272 e. The molecule has 0 unspecified atom stereocenters. The van der Waals surface area contributed by atoms with Crippen molar-refractivity contribution in [3.05, 3.63) is 63.2 Å². The second-order valence-electron chi connectivity index (χ2n) is 5.60. The predicted octanol–water partition coefficient (Wildman–Crippen LogP) is 3.19. The maximum atomic E-state index is 12.6. The number of benzene rings is 2. The average Bonchev–Trinajstić information content (AvgIpc) is 2.60. The molecule has 7 nitrogen and oxygen atoms in total. The molecule has 0 aliphatic carbocycles. The highest BCUT2D eigenvalue weighted by molar-refractivity contribution is 5.94. The molecule has 0 N–H and O–H groups in total. The summed E-state index contributed by atoms with van der Waals surface area (Å²) in [6, 6.07) is 9.74. The highest BCUT2D eigenvalue weighted by atomic mass is 16.6. The minimum absolute atomic E-state index is 0.00368. The number of nitrogens with zero attached hydrogens (tertiary/aromatic N) is 2. The topological polar surface area (TPSA) is 81.9 Å². The number of nitro groups is 1. The van der Waals surface area contributed by atoms with Gasteiger partial charge >= 0.3 is 0 Å². The van der Waals surface area contributed by atoms with Crippen LogP contribution < -0.4 is 9.47 Å². The molecule has 1 amide bonds. The van der Waals surface area contributed by atoms with Crippen molar-refractivity contribution in [2.45, 2.75) is 13.5 Å². The molecule has 0 fully saturated rings. The first kappa shape index (κ1) is 18.3. The summed E-state index contributed by atoms with van der Waals surface area (Å²) in [7, 11) is 4.80. The Kier molecular flexibility index (Phi) is 5.59. The summed E-state index contributed by atoms with van der Waals surface area (Å²) >= 11 is 0. The van der Waals surface area contributed by atoms with Gasteiger partial charge in [-0.15, -0.1) is 0 Å². The van der Waals surface area contributed by atoms with Crippen molar-refractivity contribution in [1.82, 2.24) is 4.90 Å². The van der Waals surface area contributed by atoms with Crippen molar-refractivity contribution >= 4 is 11.6 Å². The second kappa shape index (κ2) is 7.65. The van der Waals surface area contributed by atoms with E-state index in [2.05, 4.69) is 0 Å². The third kappa shape index (κ3) is 4.06. The Morgan fingerprint density at radius 2 is 1.88 bits per heavy atom. The van der Waals surface area contributed by atoms with E-state index in [0.717, 1.165) is 5.56 Å². The second-order valence-corrected chi connectivity index (χ2v) is 5.60. The number of ether oxygens (including phenoxy) is 2. The van der Waals surface area contributed by atoms with Gasteiger partial charge < -0.3 is 14.4 Å². The van der Waals surface area contributed by atoms with E-state index in [1.54, 1.807) is 40.3 Å². The smallest absolute Gasteiger partial charge is 0.272 e. The van der Waals surface area contributed by atoms with E-state index in [9.17, 15) is 14.9 Å². The van der Waals surface area contributed by atoms with E-state index in [1.807, 2.05) is 6.07 Å². The first-order valence-corrected chi connectivity index (χ1v) is 7.58. The lowest BCUT2D eigenvalue weighted by atomic mass is 10.1. The monoisotopic (exact) mass is 344 g/mol. The van der Waals surface area contributed by atoms with Gasteiger partial charge in [0.1, 0.15) is 11.5 Å². The lowest BCUT2D eigenvalue weighted by Gasteiger charge is -2.19. The zero-order valence-electron chi connectivity index (χ0n) is 14.6. The Bertz CT molecular complexity index is 804. The number of carbonyl (C=O) groups is 1. The summed E-state index contributed by atoms with van der Waals surface area (Å²) in [5, 5.41) is 10.9. The fraction of sp³-hybridized carbons (Fsp3) is 0.278. The molecule has 0 spiro atoms. The minimum Gasteiger partial charge on any atom is -0.497 e. The van der Waals surface area contributed by atoms with Gasteiger partial charge in [-0.1, -0.05) is 0 Å². The summed E-state index contributed by atoms with van der Waals surface area (Å²) in [5.74, 6) is 1.07. The van der Waals surface area contributed by atoms with Crippen LogP contribution in [0.4, 0.5) is 5.69 Å². The molecular weight excluding hydrogens is 324 g/mol. The van der Waals surface area contributed by atoms with E-state index in [-0.39, 0.29) is 11.6 Å². The number of rotatable bonds is 6. The molecule has 0 bridgehead atoms. The molecule has 0 saturated heterocycles. The van der Waals surface area contributed by atoms with Crippen LogP contribution in [0.5, 0.6) is 11.5 Å². The van der Waals surface area contributed by atoms with Crippen LogP contribution in [-0.4, -0.2) is 37.0 Å². The molecule has 0 atom stereocenters. The Morgan fingerprint density at radius 1 is 1.16 bits per heavy atom. The van der Waals surface area contributed by atoms with Gasteiger partial charge in [0.2, 0.25) is 0 Å². The van der Waals surface area contributed by atoms with E-state index >= 15 is 0 Å². The van der Waals surface area contributed by atoms with Gasteiger partial charge in [-0.3, -0.25) is 14.9 Å². The molecule has 0 aromatic heterocycles. The van der Waals surface area contributed by atoms with Crippen LogP contribution in [-0.2, 0) is 6.54 Å². The summed E-state index contributed by atoms with van der Waals surface area (Å²) in [6.45, 7) is 1.95. The Morgan fingerprint density at radius 3 is 2.44 bits per heavy atom.